The summed E-state index contributed by atoms with van der Waals surface area (Å²) in [5, 5.41) is 12.3. The summed E-state index contributed by atoms with van der Waals surface area (Å²) >= 11 is 0. The van der Waals surface area contributed by atoms with Crippen LogP contribution in [0.4, 0.5) is 8.78 Å². The maximum absolute atomic E-state index is 14.3. The molecule has 2 aliphatic heterocycles. The Balaban J connectivity index is 0.00000176. The van der Waals surface area contributed by atoms with Crippen molar-refractivity contribution in [3.05, 3.63) is 29.3 Å². The lowest BCUT2D eigenvalue weighted by atomic mass is 9.96. The Hall–Kier alpha value is -0.950. The number of alkyl halides is 2. The van der Waals surface area contributed by atoms with E-state index >= 15 is 0 Å². The van der Waals surface area contributed by atoms with Crippen LogP contribution in [0.15, 0.2) is 18.2 Å². The van der Waals surface area contributed by atoms with Crippen molar-refractivity contribution in [2.24, 2.45) is 0 Å². The van der Waals surface area contributed by atoms with Crippen molar-refractivity contribution in [2.75, 3.05) is 39.4 Å². The molecule has 1 aromatic rings. The summed E-state index contributed by atoms with van der Waals surface area (Å²) in [5.74, 6) is -2.38. The summed E-state index contributed by atoms with van der Waals surface area (Å²) in [7, 11) is 0. The van der Waals surface area contributed by atoms with Gasteiger partial charge in [0.2, 0.25) is 0 Å². The van der Waals surface area contributed by atoms with E-state index < -0.39 is 18.6 Å². The minimum Gasteiger partial charge on any atom is -0.493 e. The molecule has 1 fully saturated rings. The molecule has 0 unspecified atom stereocenters. The molecule has 2 heterocycles. The Bertz CT molecular complexity index is 510. The highest BCUT2D eigenvalue weighted by Crippen LogP contribution is 2.38. The fourth-order valence-corrected chi connectivity index (χ4v) is 3.13. The first-order chi connectivity index (χ1) is 10.1. The van der Waals surface area contributed by atoms with E-state index in [0.29, 0.717) is 38.3 Å². The Morgan fingerprint density at radius 2 is 2.05 bits per heavy atom. The van der Waals surface area contributed by atoms with Crippen LogP contribution < -0.4 is 10.1 Å². The molecule has 0 aliphatic carbocycles. The van der Waals surface area contributed by atoms with Crippen LogP contribution in [0.2, 0.25) is 0 Å². The number of nitrogens with zero attached hydrogens (tertiary/aromatic N) is 1. The van der Waals surface area contributed by atoms with Gasteiger partial charge in [0.15, 0.2) is 0 Å². The second kappa shape index (κ2) is 7.08. The molecule has 0 amide bonds. The van der Waals surface area contributed by atoms with Crippen LogP contribution in [0.1, 0.15) is 17.2 Å². The van der Waals surface area contributed by atoms with Gasteiger partial charge in [-0.25, -0.2) is 8.78 Å². The molecule has 7 heteroatoms. The highest BCUT2D eigenvalue weighted by Gasteiger charge is 2.44. The van der Waals surface area contributed by atoms with Crippen LogP contribution in [-0.4, -0.2) is 55.3 Å². The molecule has 0 radical (unpaired) electrons. The minimum atomic E-state index is -3.16. The predicted octanol–water partition coefficient (Wildman–Crippen LogP) is 1.62. The molecule has 22 heavy (non-hydrogen) atoms. The Morgan fingerprint density at radius 1 is 1.32 bits per heavy atom. The summed E-state index contributed by atoms with van der Waals surface area (Å²) in [6.07, 6.45) is 0.752. The van der Waals surface area contributed by atoms with Crippen molar-refractivity contribution in [3.63, 3.8) is 0 Å². The Kier molecular flexibility index (Phi) is 5.60. The molecule has 1 aromatic carbocycles. The molecule has 124 valence electrons. The van der Waals surface area contributed by atoms with Crippen LogP contribution >= 0.6 is 12.4 Å². The number of fused-ring (bicyclic) bond motifs is 1. The van der Waals surface area contributed by atoms with Gasteiger partial charge in [0.25, 0.3) is 5.92 Å². The summed E-state index contributed by atoms with van der Waals surface area (Å²) in [4.78, 5) is 1.75. The number of aliphatic hydroxyl groups is 1. The number of benzene rings is 1. The number of ether oxygens (including phenoxy) is 1. The van der Waals surface area contributed by atoms with Crippen LogP contribution in [0.3, 0.4) is 0 Å². The topological polar surface area (TPSA) is 44.7 Å². The number of piperazine rings is 1. The minimum absolute atomic E-state index is 0. The summed E-state index contributed by atoms with van der Waals surface area (Å²) in [6.45, 7) is 1.93. The van der Waals surface area contributed by atoms with Crippen LogP contribution in [0, 0.1) is 0 Å². The molecule has 2 aliphatic rings. The zero-order chi connectivity index (χ0) is 14.9. The van der Waals surface area contributed by atoms with E-state index in [0.717, 1.165) is 17.7 Å². The largest absolute Gasteiger partial charge is 0.493 e. The first-order valence-electron chi connectivity index (χ1n) is 7.31. The van der Waals surface area contributed by atoms with Crippen molar-refractivity contribution in [3.8, 4) is 5.75 Å². The van der Waals surface area contributed by atoms with Crippen LogP contribution in [0.25, 0.3) is 0 Å². The molecule has 0 spiro atoms. The number of aliphatic hydroxyl groups excluding tert-OH is 1. The SMILES string of the molecule is Cl.OCC(F)(F)[C@@H](c1ccc2c(c1)CCO2)N1CCNCC1. The van der Waals surface area contributed by atoms with E-state index in [1.165, 1.54) is 0 Å². The number of nitrogens with one attached hydrogen (secondary N) is 1. The maximum Gasteiger partial charge on any atom is 0.289 e. The highest BCUT2D eigenvalue weighted by atomic mass is 35.5. The van der Waals surface area contributed by atoms with Crippen LogP contribution in [0.5, 0.6) is 5.75 Å². The van der Waals surface area contributed by atoms with Gasteiger partial charge in [0, 0.05) is 32.6 Å². The van der Waals surface area contributed by atoms with E-state index in [1.54, 1.807) is 23.1 Å². The lowest BCUT2D eigenvalue weighted by molar-refractivity contribution is -0.118. The summed E-state index contributed by atoms with van der Waals surface area (Å²) in [6, 6.07) is 4.18. The van der Waals surface area contributed by atoms with Gasteiger partial charge in [-0.1, -0.05) is 12.1 Å². The molecule has 4 nitrogen and oxygen atoms in total. The predicted molar refractivity (Wildman–Crippen MR) is 82.1 cm³/mol. The standard InChI is InChI=1S/C15H20F2N2O2.ClH/c16-15(17,10-20)14(19-6-4-18-5-7-19)12-1-2-13-11(9-12)3-8-21-13;/h1-2,9,14,18,20H,3-8,10H2;1H/t14-;/m1./s1. The van der Waals surface area contributed by atoms with Crippen molar-refractivity contribution in [2.45, 2.75) is 18.4 Å². The molecule has 0 saturated carbocycles. The fraction of sp³-hybridized carbons (Fsp3) is 0.600. The van der Waals surface area contributed by atoms with Gasteiger partial charge in [-0.05, 0) is 17.2 Å². The second-order valence-electron chi connectivity index (χ2n) is 5.57. The zero-order valence-electron chi connectivity index (χ0n) is 12.2. The van der Waals surface area contributed by atoms with Gasteiger partial charge >= 0.3 is 0 Å². The second-order valence-corrected chi connectivity index (χ2v) is 5.57. The number of hydrogen-bond donors (Lipinski definition) is 2. The Labute approximate surface area is 134 Å². The van der Waals surface area contributed by atoms with Crippen molar-refractivity contribution in [1.29, 1.82) is 0 Å². The number of rotatable bonds is 4. The number of hydrogen-bond acceptors (Lipinski definition) is 4. The average molecular weight is 335 g/mol. The summed E-state index contributed by atoms with van der Waals surface area (Å²) < 4.78 is 34.0. The van der Waals surface area contributed by atoms with Crippen molar-refractivity contribution >= 4 is 12.4 Å². The molecule has 1 atom stereocenters. The lowest BCUT2D eigenvalue weighted by Gasteiger charge is -2.38. The van der Waals surface area contributed by atoms with Gasteiger partial charge in [-0.2, -0.15) is 0 Å². The Morgan fingerprint density at radius 3 is 2.73 bits per heavy atom. The number of halogens is 3. The average Bonchev–Trinajstić information content (AvgIpc) is 2.96. The van der Waals surface area contributed by atoms with E-state index in [9.17, 15) is 8.78 Å². The molecular formula is C15H21ClF2N2O2. The first-order valence-corrected chi connectivity index (χ1v) is 7.31. The van der Waals surface area contributed by atoms with Crippen molar-refractivity contribution < 1.29 is 18.6 Å². The molecule has 3 rings (SSSR count). The monoisotopic (exact) mass is 334 g/mol. The van der Waals surface area contributed by atoms with Crippen molar-refractivity contribution in [1.82, 2.24) is 10.2 Å². The van der Waals surface area contributed by atoms with Gasteiger partial charge < -0.3 is 15.2 Å². The van der Waals surface area contributed by atoms with E-state index in [4.69, 9.17) is 9.84 Å². The van der Waals surface area contributed by atoms with E-state index in [-0.39, 0.29) is 12.4 Å². The first kappa shape index (κ1) is 17.4. The quantitative estimate of drug-likeness (QED) is 0.878. The van der Waals surface area contributed by atoms with Gasteiger partial charge in [-0.3, -0.25) is 4.90 Å². The molecule has 0 bridgehead atoms. The molecule has 1 saturated heterocycles. The van der Waals surface area contributed by atoms with E-state index in [1.807, 2.05) is 0 Å². The normalized spacial score (nSPS) is 20.0. The highest BCUT2D eigenvalue weighted by molar-refractivity contribution is 5.85. The van der Waals surface area contributed by atoms with Gasteiger partial charge in [-0.15, -0.1) is 12.4 Å². The smallest absolute Gasteiger partial charge is 0.289 e. The third-order valence-corrected chi connectivity index (χ3v) is 4.16. The maximum atomic E-state index is 14.3. The third-order valence-electron chi connectivity index (χ3n) is 4.16. The van der Waals surface area contributed by atoms with Gasteiger partial charge in [0.05, 0.1) is 6.61 Å². The third kappa shape index (κ3) is 3.35. The zero-order valence-corrected chi connectivity index (χ0v) is 13.0. The van der Waals surface area contributed by atoms with Gasteiger partial charge in [0.1, 0.15) is 18.4 Å². The molecule has 2 N–H and O–H groups in total. The molecule has 0 aromatic heterocycles. The van der Waals surface area contributed by atoms with E-state index in [2.05, 4.69) is 5.32 Å². The molecular weight excluding hydrogens is 314 g/mol. The lowest BCUT2D eigenvalue weighted by Crippen LogP contribution is -2.51. The summed E-state index contributed by atoms with van der Waals surface area (Å²) in [5.41, 5.74) is 1.53. The fourth-order valence-electron chi connectivity index (χ4n) is 3.13. The van der Waals surface area contributed by atoms with Crippen LogP contribution in [-0.2, 0) is 6.42 Å².